The van der Waals surface area contributed by atoms with E-state index in [1.165, 1.54) is 12.1 Å². The molecule has 0 unspecified atom stereocenters. The van der Waals surface area contributed by atoms with Crippen molar-refractivity contribution in [1.82, 2.24) is 0 Å². The molecule has 1 aromatic rings. The molecule has 0 saturated carbocycles. The van der Waals surface area contributed by atoms with Gasteiger partial charge in [-0.3, -0.25) is 4.18 Å². The van der Waals surface area contributed by atoms with Gasteiger partial charge in [0, 0.05) is 0 Å². The Morgan fingerprint density at radius 2 is 2.06 bits per heavy atom. The zero-order valence-electron chi connectivity index (χ0n) is 10.2. The van der Waals surface area contributed by atoms with Crippen molar-refractivity contribution in [2.75, 3.05) is 20.0 Å². The SMILES string of the molecule is Cc1ccc(S(=O)(=O)OC[C@@H]2CCOCO2)cc1. The van der Waals surface area contributed by atoms with Gasteiger partial charge in [0.1, 0.15) is 6.79 Å². The normalized spacial score (nSPS) is 20.8. The van der Waals surface area contributed by atoms with E-state index in [9.17, 15) is 8.42 Å². The number of benzene rings is 1. The lowest BCUT2D eigenvalue weighted by atomic mass is 10.2. The minimum Gasteiger partial charge on any atom is -0.355 e. The van der Waals surface area contributed by atoms with Crippen LogP contribution in [0.25, 0.3) is 0 Å². The number of hydrogen-bond donors (Lipinski definition) is 0. The van der Waals surface area contributed by atoms with Gasteiger partial charge in [-0.1, -0.05) is 17.7 Å². The molecule has 1 saturated heterocycles. The Kier molecular flexibility index (Phi) is 4.34. The Morgan fingerprint density at radius 3 is 2.67 bits per heavy atom. The van der Waals surface area contributed by atoms with Crippen molar-refractivity contribution in [3.63, 3.8) is 0 Å². The van der Waals surface area contributed by atoms with Crippen molar-refractivity contribution in [1.29, 1.82) is 0 Å². The zero-order chi connectivity index (χ0) is 13.0. The van der Waals surface area contributed by atoms with E-state index >= 15 is 0 Å². The van der Waals surface area contributed by atoms with E-state index in [0.29, 0.717) is 13.0 Å². The van der Waals surface area contributed by atoms with Crippen LogP contribution >= 0.6 is 0 Å². The van der Waals surface area contributed by atoms with Crippen LogP contribution in [0.2, 0.25) is 0 Å². The van der Waals surface area contributed by atoms with Crippen molar-refractivity contribution in [3.05, 3.63) is 29.8 Å². The summed E-state index contributed by atoms with van der Waals surface area (Å²) >= 11 is 0. The van der Waals surface area contributed by atoms with Gasteiger partial charge in [0.25, 0.3) is 10.1 Å². The van der Waals surface area contributed by atoms with Crippen LogP contribution in [0.5, 0.6) is 0 Å². The second-order valence-electron chi connectivity index (χ2n) is 4.16. The third-order valence-corrected chi connectivity index (χ3v) is 3.99. The van der Waals surface area contributed by atoms with Gasteiger partial charge in [-0.05, 0) is 25.5 Å². The van der Waals surface area contributed by atoms with Crippen molar-refractivity contribution in [2.45, 2.75) is 24.3 Å². The molecule has 1 aliphatic heterocycles. The monoisotopic (exact) mass is 272 g/mol. The summed E-state index contributed by atoms with van der Waals surface area (Å²) in [6, 6.07) is 6.55. The molecule has 0 N–H and O–H groups in total. The van der Waals surface area contributed by atoms with E-state index in [-0.39, 0.29) is 24.4 Å². The molecular weight excluding hydrogens is 256 g/mol. The van der Waals surface area contributed by atoms with Crippen molar-refractivity contribution in [3.8, 4) is 0 Å². The highest BCUT2D eigenvalue weighted by molar-refractivity contribution is 7.86. The van der Waals surface area contributed by atoms with E-state index in [0.717, 1.165) is 5.56 Å². The quantitative estimate of drug-likeness (QED) is 0.777. The lowest BCUT2D eigenvalue weighted by molar-refractivity contribution is -0.147. The van der Waals surface area contributed by atoms with Gasteiger partial charge in [-0.15, -0.1) is 0 Å². The lowest BCUT2D eigenvalue weighted by Crippen LogP contribution is -2.29. The summed E-state index contributed by atoms with van der Waals surface area (Å²) in [6.45, 7) is 2.68. The van der Waals surface area contributed by atoms with Crippen LogP contribution < -0.4 is 0 Å². The highest BCUT2D eigenvalue weighted by Crippen LogP contribution is 2.15. The average molecular weight is 272 g/mol. The van der Waals surface area contributed by atoms with Gasteiger partial charge >= 0.3 is 0 Å². The fraction of sp³-hybridized carbons (Fsp3) is 0.500. The molecule has 5 nitrogen and oxygen atoms in total. The molecule has 1 heterocycles. The Labute approximate surface area is 107 Å². The number of aryl methyl sites for hydroxylation is 1. The van der Waals surface area contributed by atoms with Crippen LogP contribution in [0, 0.1) is 6.92 Å². The second kappa shape index (κ2) is 5.79. The molecule has 1 fully saturated rings. The predicted octanol–water partition coefficient (Wildman–Crippen LogP) is 1.46. The molecule has 0 spiro atoms. The van der Waals surface area contributed by atoms with Gasteiger partial charge in [-0.2, -0.15) is 8.42 Å². The first-order valence-corrected chi connectivity index (χ1v) is 7.14. The summed E-state index contributed by atoms with van der Waals surface area (Å²) < 4.78 is 39.0. The molecule has 0 aliphatic carbocycles. The summed E-state index contributed by atoms with van der Waals surface area (Å²) in [6.07, 6.45) is 0.419. The van der Waals surface area contributed by atoms with Gasteiger partial charge in [0.15, 0.2) is 0 Å². The van der Waals surface area contributed by atoms with E-state index in [2.05, 4.69) is 0 Å². The fourth-order valence-corrected chi connectivity index (χ4v) is 2.51. The van der Waals surface area contributed by atoms with E-state index < -0.39 is 10.1 Å². The predicted molar refractivity (Wildman–Crippen MR) is 64.6 cm³/mol. The third-order valence-electron chi connectivity index (χ3n) is 2.69. The molecule has 0 amide bonds. The molecular formula is C12H16O5S. The van der Waals surface area contributed by atoms with Crippen LogP contribution in [-0.4, -0.2) is 34.5 Å². The van der Waals surface area contributed by atoms with Gasteiger partial charge in [-0.25, -0.2) is 0 Å². The highest BCUT2D eigenvalue weighted by atomic mass is 32.2. The molecule has 1 aromatic carbocycles. The summed E-state index contributed by atoms with van der Waals surface area (Å²) in [5.41, 5.74) is 1.00. The lowest BCUT2D eigenvalue weighted by Gasteiger charge is -2.22. The topological polar surface area (TPSA) is 61.8 Å². The molecule has 0 aromatic heterocycles. The minimum atomic E-state index is -3.70. The maximum atomic E-state index is 11.9. The largest absolute Gasteiger partial charge is 0.355 e. The third kappa shape index (κ3) is 3.52. The summed E-state index contributed by atoms with van der Waals surface area (Å²) in [5, 5.41) is 0. The van der Waals surface area contributed by atoms with Gasteiger partial charge < -0.3 is 9.47 Å². The van der Waals surface area contributed by atoms with Crippen LogP contribution in [0.1, 0.15) is 12.0 Å². The molecule has 2 rings (SSSR count). The maximum absolute atomic E-state index is 11.9. The standard InChI is InChI=1S/C12H16O5S/c1-10-2-4-12(5-3-10)18(13,14)17-8-11-6-7-15-9-16-11/h2-5,11H,6-9H2,1H3/t11-/m0/s1. The maximum Gasteiger partial charge on any atom is 0.297 e. The first-order valence-electron chi connectivity index (χ1n) is 5.73. The van der Waals surface area contributed by atoms with Gasteiger partial charge in [0.05, 0.1) is 24.2 Å². The average Bonchev–Trinajstić information content (AvgIpc) is 2.38. The summed E-state index contributed by atoms with van der Waals surface area (Å²) in [5.74, 6) is 0. The van der Waals surface area contributed by atoms with Crippen LogP contribution in [0.15, 0.2) is 29.2 Å². The summed E-state index contributed by atoms with van der Waals surface area (Å²) in [4.78, 5) is 0.167. The minimum absolute atomic E-state index is 0.0274. The molecule has 1 aliphatic rings. The van der Waals surface area contributed by atoms with Gasteiger partial charge in [0.2, 0.25) is 0 Å². The van der Waals surface area contributed by atoms with Crippen molar-refractivity contribution >= 4 is 10.1 Å². The molecule has 18 heavy (non-hydrogen) atoms. The van der Waals surface area contributed by atoms with E-state index in [1.54, 1.807) is 12.1 Å². The molecule has 0 radical (unpaired) electrons. The van der Waals surface area contributed by atoms with Crippen LogP contribution in [-0.2, 0) is 23.8 Å². The van der Waals surface area contributed by atoms with Crippen molar-refractivity contribution < 1.29 is 22.1 Å². The van der Waals surface area contributed by atoms with E-state index in [4.69, 9.17) is 13.7 Å². The van der Waals surface area contributed by atoms with Crippen LogP contribution in [0.3, 0.4) is 0 Å². The van der Waals surface area contributed by atoms with Crippen molar-refractivity contribution in [2.24, 2.45) is 0 Å². The first kappa shape index (κ1) is 13.5. The number of ether oxygens (including phenoxy) is 2. The number of hydrogen-bond acceptors (Lipinski definition) is 5. The zero-order valence-corrected chi connectivity index (χ0v) is 11.0. The van der Waals surface area contributed by atoms with E-state index in [1.807, 2.05) is 6.92 Å². The number of rotatable bonds is 4. The molecule has 100 valence electrons. The first-order chi connectivity index (χ1) is 8.58. The highest BCUT2D eigenvalue weighted by Gasteiger charge is 2.20. The Morgan fingerprint density at radius 1 is 1.33 bits per heavy atom. The van der Waals surface area contributed by atoms with Crippen LogP contribution in [0.4, 0.5) is 0 Å². The smallest absolute Gasteiger partial charge is 0.297 e. The second-order valence-corrected chi connectivity index (χ2v) is 5.77. The summed E-state index contributed by atoms with van der Waals surface area (Å²) in [7, 11) is -3.70. The Bertz CT molecular complexity index is 474. The molecule has 0 bridgehead atoms. The molecule has 6 heteroatoms. The fourth-order valence-electron chi connectivity index (χ4n) is 1.57. The molecule has 1 atom stereocenters. The Hall–Kier alpha value is -0.950. The Balaban J connectivity index is 1.96.